The SMILES string of the molecule is CC(C)(C)[Si](C)(C)OC[C@H](N=[N+]=[N-])[C@H](O)COc1ccccc1.CC(C)(C)c1ccc(OC[C@@H](O)[C@H](CO[Si](C)(C)C(C)(C)C)N=[N+]=[N-])cc1.COc1cccc(OC[C@@H](O)[C@H](CO[Si](C)(C)C(C)(C)C)N=[N+]=[N-])c1.Cc1ccc(OC[C@@H](O)[C@H](CO[Si](C)(C)C(C)(C)C)N=[N+]=[N-])cc1.Cc1cccc(OC[C@@H](O)[C@H](CO[Si](C)(C)C(C)(C)C)N=[N+]=[N-])c1.Cc1ccccc1OC[C@@H](O)[C@H](CO[Si](C)(C)C(C)(C)C)N=[N+]=[N-]. The largest absolute Gasteiger partial charge is 0.497 e. The van der Waals surface area contributed by atoms with Gasteiger partial charge in [-0.15, -0.1) is 0 Å². The second kappa shape index (κ2) is 63.0. The van der Waals surface area contributed by atoms with Crippen molar-refractivity contribution in [2.75, 3.05) is 86.4 Å². The summed E-state index contributed by atoms with van der Waals surface area (Å²) in [6, 6.07) is 42.8. The lowest BCUT2D eigenvalue weighted by Crippen LogP contribution is -2.44. The number of benzene rings is 6. The van der Waals surface area contributed by atoms with Gasteiger partial charge in [0.05, 0.1) is 80.0 Å². The van der Waals surface area contributed by atoms with Gasteiger partial charge in [0.1, 0.15) is 79.9 Å². The van der Waals surface area contributed by atoms with Crippen molar-refractivity contribution in [2.45, 2.75) is 353 Å². The number of para-hydroxylation sites is 2. The van der Waals surface area contributed by atoms with Gasteiger partial charge in [-0.25, -0.2) is 0 Å². The number of aryl methyl sites for hydroxylation is 3. The molecule has 37 nitrogen and oxygen atoms in total. The second-order valence-electron chi connectivity index (χ2n) is 46.5. The summed E-state index contributed by atoms with van der Waals surface area (Å²) in [6.45, 7) is 77.6. The lowest BCUT2D eigenvalue weighted by atomic mass is 9.87. The quantitative estimate of drug-likeness (QED) is 0.00894. The van der Waals surface area contributed by atoms with Crippen molar-refractivity contribution < 1.29 is 90.4 Å². The molecule has 0 spiro atoms. The average Bonchev–Trinajstić information content (AvgIpc) is 0.868. The predicted molar refractivity (Wildman–Crippen MR) is 604 cm³/mol. The standard InChI is InChI=1S/C20H35N3O3Si.C17H29N3O4Si.3C17H29N3O3Si.C16H27N3O3Si/c1-19(2,3)15-9-11-16(12-10-15)25-14-18(24)17(22-23-21)13-26-27(7,8)20(4,5)6;1-17(2,3)25(5,6)24-11-15(19-20-18)16(21)12-23-14-9-7-8-13(10-14)22-4;1-13-7-9-14(10-8-13)22-12-16(21)15(19-20-18)11-23-24(5,6)17(2,3)4;1-13-8-7-9-14(10-13)22-12-16(21)15(19-20-18)11-23-24(5,6)17(2,3)4;1-13-9-7-8-10-16(13)22-12-15(21)14(19-20-18)11-23-24(5,6)17(2,3)4;1-16(2,3)23(4,5)22-11-14(18-19-17)15(20)12-21-13-9-7-6-8-10-13/h9-12,17-18,24H,13-14H2,1-8H3;7-10,15-16,21H,11-12H2,1-6H3;2*7-10,15-16,21H,11-12H2,1-6H3;7-10,14-15,21H,11-12H2,1-6H3;6-10,14-15,20H,11-12H2,1-5H3/t17-,18+;3*15-,16+;2*14-,15+/m000000/s1. The number of methoxy groups -OCH3 is 1. The highest BCUT2D eigenvalue weighted by molar-refractivity contribution is 6.76. The van der Waals surface area contributed by atoms with E-state index in [2.05, 4.69) is 284 Å². The third-order valence-electron chi connectivity index (χ3n) is 27.5. The molecule has 0 aromatic heterocycles. The number of hydrogen-bond donors (Lipinski definition) is 6. The van der Waals surface area contributed by atoms with Crippen LogP contribution in [0, 0.1) is 20.8 Å². The van der Waals surface area contributed by atoms with Gasteiger partial charge in [0.25, 0.3) is 0 Å². The molecule has 0 aliphatic heterocycles. The molecule has 6 aromatic rings. The third-order valence-corrected chi connectivity index (χ3v) is 54.5. The molecule has 147 heavy (non-hydrogen) atoms. The van der Waals surface area contributed by atoms with Crippen LogP contribution < -0.4 is 33.2 Å². The van der Waals surface area contributed by atoms with Gasteiger partial charge in [-0.3, -0.25) is 0 Å². The highest BCUT2D eigenvalue weighted by Crippen LogP contribution is 2.43. The van der Waals surface area contributed by atoms with Gasteiger partial charge in [0.2, 0.25) is 0 Å². The molecule has 6 N–H and O–H groups in total. The Morgan fingerprint density at radius 3 is 0.728 bits per heavy atom. The van der Waals surface area contributed by atoms with Crippen molar-refractivity contribution >= 4 is 49.9 Å². The molecule has 822 valence electrons. The molecule has 0 saturated carbocycles. The van der Waals surface area contributed by atoms with Crippen LogP contribution in [0.1, 0.15) is 168 Å². The Morgan fingerprint density at radius 1 is 0.252 bits per heavy atom. The van der Waals surface area contributed by atoms with Gasteiger partial charge in [-0.2, -0.15) is 0 Å². The van der Waals surface area contributed by atoms with E-state index in [1.807, 2.05) is 136 Å². The zero-order valence-electron chi connectivity index (χ0n) is 94.9. The van der Waals surface area contributed by atoms with Gasteiger partial charge < -0.3 is 90.4 Å². The second-order valence-corrected chi connectivity index (χ2v) is 75.3. The lowest BCUT2D eigenvalue weighted by molar-refractivity contribution is 0.0657. The number of ether oxygens (including phenoxy) is 7. The third kappa shape index (κ3) is 51.3. The van der Waals surface area contributed by atoms with E-state index in [0.29, 0.717) is 40.2 Å². The molecule has 0 heterocycles. The monoisotopic (exact) mass is 2150 g/mol. The Kier molecular flexibility index (Phi) is 58.2. The molecule has 0 radical (unpaired) electrons. The minimum Gasteiger partial charge on any atom is -0.497 e. The molecule has 0 amide bonds. The number of rotatable bonds is 49. The number of aliphatic hydroxyl groups is 6. The first-order valence-corrected chi connectivity index (χ1v) is 67.1. The maximum atomic E-state index is 10.4. The summed E-state index contributed by atoms with van der Waals surface area (Å²) in [4.78, 5) is 17.0. The number of nitrogens with zero attached hydrogens (tertiary/aromatic N) is 18. The van der Waals surface area contributed by atoms with E-state index in [1.165, 1.54) is 5.56 Å². The minimum absolute atomic E-state index is 0.00227. The summed E-state index contributed by atoms with van der Waals surface area (Å²) >= 11 is 0. The van der Waals surface area contributed by atoms with Gasteiger partial charge >= 0.3 is 0 Å². The molecule has 0 saturated heterocycles. The maximum Gasteiger partial charge on any atom is 0.191 e. The van der Waals surface area contributed by atoms with E-state index in [0.717, 1.165) is 16.7 Å². The Morgan fingerprint density at radius 2 is 0.476 bits per heavy atom. The molecule has 0 aliphatic carbocycles. The van der Waals surface area contributed by atoms with Gasteiger partial charge in [-0.05, 0) is 252 Å². The first-order valence-electron chi connectivity index (χ1n) is 49.7. The van der Waals surface area contributed by atoms with E-state index in [4.69, 9.17) is 92.9 Å². The van der Waals surface area contributed by atoms with Crippen LogP contribution in [0.4, 0.5) is 0 Å². The van der Waals surface area contributed by atoms with Crippen molar-refractivity contribution in [2.24, 2.45) is 30.7 Å². The highest BCUT2D eigenvalue weighted by Gasteiger charge is 2.44. The minimum atomic E-state index is -1.99. The van der Waals surface area contributed by atoms with Gasteiger partial charge in [0.15, 0.2) is 49.9 Å². The van der Waals surface area contributed by atoms with Crippen molar-refractivity contribution in [3.8, 4) is 40.2 Å². The molecule has 0 aliphatic rings. The first-order chi connectivity index (χ1) is 67.8. The van der Waals surface area contributed by atoms with Crippen molar-refractivity contribution in [3.05, 3.63) is 237 Å². The highest BCUT2D eigenvalue weighted by atomic mass is 28.4. The molecule has 6 rings (SSSR count). The van der Waals surface area contributed by atoms with Crippen molar-refractivity contribution in [1.82, 2.24) is 0 Å². The van der Waals surface area contributed by atoms with E-state index in [1.54, 1.807) is 43.5 Å². The van der Waals surface area contributed by atoms with Crippen LogP contribution in [0.5, 0.6) is 40.2 Å². The van der Waals surface area contributed by atoms with Crippen LogP contribution in [-0.4, -0.2) is 240 Å². The Balaban J connectivity index is 0.000000883. The zero-order chi connectivity index (χ0) is 113. The summed E-state index contributed by atoms with van der Waals surface area (Å²) in [7, 11) is -10.3. The molecule has 0 unspecified atom stereocenters. The van der Waals surface area contributed by atoms with Crippen LogP contribution in [0.3, 0.4) is 0 Å². The average molecular weight is 2150 g/mol. The summed E-state index contributed by atoms with van der Waals surface area (Å²) in [5, 5.41) is 84.4. The molecular formula is C104H178N18O19Si6. The summed E-state index contributed by atoms with van der Waals surface area (Å²) in [5.74, 6) is 4.64. The molecule has 6 aromatic carbocycles. The van der Waals surface area contributed by atoms with E-state index < -0.39 is 123 Å². The van der Waals surface area contributed by atoms with E-state index in [-0.39, 0.29) is 115 Å². The topological polar surface area (TPSA) is 534 Å². The maximum absolute atomic E-state index is 10.4. The fourth-order valence-corrected chi connectivity index (χ4v) is 17.0. The van der Waals surface area contributed by atoms with Gasteiger partial charge in [-0.1, -0.05) is 261 Å². The Bertz CT molecular complexity index is 5110. The zero-order valence-corrected chi connectivity index (χ0v) is 101. The summed E-state index contributed by atoms with van der Waals surface area (Å²) in [5.41, 5.74) is 57.1. The molecule has 0 fully saturated rings. The molecular weight excluding hydrogens is 1970 g/mol. The van der Waals surface area contributed by atoms with Crippen molar-refractivity contribution in [1.29, 1.82) is 0 Å². The summed E-state index contributed by atoms with van der Waals surface area (Å²) in [6.07, 6.45) is -5.60. The number of hydrogen-bond acceptors (Lipinski definition) is 25. The molecule has 43 heteroatoms. The van der Waals surface area contributed by atoms with Crippen LogP contribution >= 0.6 is 0 Å². The number of aliphatic hydroxyl groups excluding tert-OH is 6. The predicted octanol–water partition coefficient (Wildman–Crippen LogP) is 27.0. The van der Waals surface area contributed by atoms with Crippen LogP contribution in [-0.2, 0) is 32.0 Å². The van der Waals surface area contributed by atoms with E-state index >= 15 is 0 Å². The fraction of sp³-hybridized carbons (Fsp3) is 0.654. The molecule has 12 atom stereocenters. The Hall–Kier alpha value is -9.40. The van der Waals surface area contributed by atoms with Crippen LogP contribution in [0.2, 0.25) is 109 Å². The lowest BCUT2D eigenvalue weighted by Gasteiger charge is -2.37. The summed E-state index contributed by atoms with van der Waals surface area (Å²) < 4.78 is 75.1. The number of azide groups is 6. The van der Waals surface area contributed by atoms with Gasteiger partial charge in [0, 0.05) is 75.2 Å². The fourth-order valence-electron chi connectivity index (χ4n) is 10.9. The molecule has 0 bridgehead atoms. The van der Waals surface area contributed by atoms with Crippen LogP contribution in [0.25, 0.3) is 62.7 Å². The van der Waals surface area contributed by atoms with E-state index in [9.17, 15) is 30.6 Å². The normalized spacial score (nSPS) is 14.7. The smallest absolute Gasteiger partial charge is 0.191 e. The first kappa shape index (κ1) is 136. The Labute approximate surface area is 882 Å². The van der Waals surface area contributed by atoms with Crippen LogP contribution in [0.15, 0.2) is 182 Å². The van der Waals surface area contributed by atoms with Crippen molar-refractivity contribution in [3.63, 3.8) is 0 Å².